The van der Waals surface area contributed by atoms with Crippen molar-refractivity contribution in [2.45, 2.75) is 66.1 Å². The van der Waals surface area contributed by atoms with Crippen molar-refractivity contribution in [1.29, 1.82) is 0 Å². The Morgan fingerprint density at radius 3 is 2.32 bits per heavy atom. The van der Waals surface area contributed by atoms with Crippen LogP contribution < -0.4 is 9.64 Å². The van der Waals surface area contributed by atoms with Gasteiger partial charge in [0, 0.05) is 47.7 Å². The van der Waals surface area contributed by atoms with Gasteiger partial charge in [-0.1, -0.05) is 13.8 Å². The van der Waals surface area contributed by atoms with Gasteiger partial charge < -0.3 is 19.5 Å². The molecule has 2 heterocycles. The fraction of sp³-hybridized carbons (Fsp3) is 0.538. The van der Waals surface area contributed by atoms with E-state index in [1.54, 1.807) is 27.7 Å². The molecule has 1 aliphatic heterocycles. The fourth-order valence-electron chi connectivity index (χ4n) is 4.26. The smallest absolute Gasteiger partial charge is 0.337 e. The molecule has 0 radical (unpaired) electrons. The molecule has 0 amide bonds. The lowest BCUT2D eigenvalue weighted by Crippen LogP contribution is -2.39. The summed E-state index contributed by atoms with van der Waals surface area (Å²) in [4.78, 5) is 18.9. The zero-order valence-electron chi connectivity index (χ0n) is 21.0. The highest BCUT2D eigenvalue weighted by Crippen LogP contribution is 2.44. The Hall–Kier alpha value is -2.74. The number of carboxylic acids is 1. The van der Waals surface area contributed by atoms with Crippen molar-refractivity contribution >= 4 is 11.7 Å². The van der Waals surface area contributed by atoms with Crippen molar-refractivity contribution in [2.24, 2.45) is 5.41 Å². The molecule has 1 saturated heterocycles. The summed E-state index contributed by atoms with van der Waals surface area (Å²) in [6.45, 7) is 12.7. The summed E-state index contributed by atoms with van der Waals surface area (Å²) in [7, 11) is 1.38. The maximum absolute atomic E-state index is 15.1. The number of hydrogen-bond donors (Lipinski definition) is 1. The Morgan fingerprint density at radius 1 is 1.18 bits per heavy atom. The van der Waals surface area contributed by atoms with Crippen LogP contribution in [0.15, 0.2) is 18.3 Å². The number of carbonyl (C=O) groups is 1. The normalized spacial score (nSPS) is 16.9. The third kappa shape index (κ3) is 5.49. The molecule has 3 rings (SSSR count). The lowest BCUT2D eigenvalue weighted by Gasteiger charge is -2.41. The monoisotopic (exact) mass is 476 g/mol. The fourth-order valence-corrected chi connectivity index (χ4v) is 4.26. The average molecular weight is 477 g/mol. The predicted octanol–water partition coefficient (Wildman–Crippen LogP) is 5.91. The maximum atomic E-state index is 15.1. The first-order chi connectivity index (χ1) is 15.7. The van der Waals surface area contributed by atoms with Crippen molar-refractivity contribution in [3.05, 3.63) is 41.2 Å². The summed E-state index contributed by atoms with van der Waals surface area (Å²) in [5, 5.41) is 10.1. The van der Waals surface area contributed by atoms with Gasteiger partial charge in [0.15, 0.2) is 17.7 Å². The number of benzene rings is 1. The van der Waals surface area contributed by atoms with E-state index in [0.717, 1.165) is 18.9 Å². The highest BCUT2D eigenvalue weighted by atomic mass is 19.2. The topological polar surface area (TPSA) is 71.9 Å². The van der Waals surface area contributed by atoms with E-state index in [2.05, 4.69) is 18.8 Å². The third-order valence-electron chi connectivity index (χ3n) is 6.21. The van der Waals surface area contributed by atoms with E-state index in [4.69, 9.17) is 9.47 Å². The summed E-state index contributed by atoms with van der Waals surface area (Å²) in [6.07, 6.45) is 1.86. The molecule has 1 atom stereocenters. The number of piperidine rings is 1. The largest absolute Gasteiger partial charge is 0.497 e. The van der Waals surface area contributed by atoms with Gasteiger partial charge in [0.1, 0.15) is 5.75 Å². The number of aromatic nitrogens is 1. The highest BCUT2D eigenvalue weighted by molar-refractivity contribution is 5.87. The van der Waals surface area contributed by atoms with Gasteiger partial charge in [0.2, 0.25) is 0 Å². The van der Waals surface area contributed by atoms with Gasteiger partial charge in [0.05, 0.1) is 18.4 Å². The Balaban J connectivity index is 2.32. The number of aliphatic carboxylic acids is 1. The van der Waals surface area contributed by atoms with Crippen molar-refractivity contribution in [3.8, 4) is 16.9 Å². The van der Waals surface area contributed by atoms with E-state index >= 15 is 4.39 Å². The molecule has 186 valence electrons. The minimum atomic E-state index is -1.34. The molecule has 0 bridgehead atoms. The summed E-state index contributed by atoms with van der Waals surface area (Å²) < 4.78 is 40.7. The summed E-state index contributed by atoms with van der Waals surface area (Å²) >= 11 is 0. The van der Waals surface area contributed by atoms with Crippen LogP contribution >= 0.6 is 0 Å². The van der Waals surface area contributed by atoms with E-state index in [1.807, 2.05) is 4.90 Å². The first-order valence-corrected chi connectivity index (χ1v) is 11.4. The van der Waals surface area contributed by atoms with Crippen LogP contribution in [0.2, 0.25) is 0 Å². The Labute approximate surface area is 199 Å². The van der Waals surface area contributed by atoms with Crippen LogP contribution in [-0.4, -0.2) is 41.9 Å². The first kappa shape index (κ1) is 25.9. The summed E-state index contributed by atoms with van der Waals surface area (Å²) in [5.74, 6) is -3.11. The standard InChI is InChI=1S/C26H34F2N2O4/c1-15-20(23(24(31)32)34-25(2,3)4)22(30-10-8-26(5,6)9-11-30)18(14-29-15)17-12-16(33-7)13-19(27)21(17)28/h12-14,23H,8-11H2,1-7H3,(H,31,32)/t23-/m0/s1. The van der Waals surface area contributed by atoms with Gasteiger partial charge >= 0.3 is 5.97 Å². The van der Waals surface area contributed by atoms with Crippen molar-refractivity contribution in [2.75, 3.05) is 25.1 Å². The number of pyridine rings is 1. The van der Waals surface area contributed by atoms with E-state index in [-0.39, 0.29) is 16.7 Å². The molecular weight excluding hydrogens is 442 g/mol. The number of anilines is 1. The second-order valence-electron chi connectivity index (χ2n) is 10.6. The summed E-state index contributed by atoms with van der Waals surface area (Å²) in [6, 6.07) is 2.39. The van der Waals surface area contributed by atoms with Crippen LogP contribution in [0, 0.1) is 24.0 Å². The van der Waals surface area contributed by atoms with Gasteiger partial charge in [-0.25, -0.2) is 13.6 Å². The third-order valence-corrected chi connectivity index (χ3v) is 6.21. The molecule has 2 aromatic rings. The van der Waals surface area contributed by atoms with Gasteiger partial charge in [-0.05, 0) is 52.0 Å². The number of ether oxygens (including phenoxy) is 2. The second-order valence-corrected chi connectivity index (χ2v) is 10.6. The quantitative estimate of drug-likeness (QED) is 0.559. The molecule has 1 aliphatic rings. The number of rotatable bonds is 6. The van der Waals surface area contributed by atoms with E-state index < -0.39 is 29.3 Å². The Morgan fingerprint density at radius 2 is 1.79 bits per heavy atom. The average Bonchev–Trinajstić information content (AvgIpc) is 2.73. The molecule has 0 unspecified atom stereocenters. The number of aryl methyl sites for hydroxylation is 1. The van der Waals surface area contributed by atoms with Crippen molar-refractivity contribution in [3.63, 3.8) is 0 Å². The highest BCUT2D eigenvalue weighted by Gasteiger charge is 2.36. The van der Waals surface area contributed by atoms with Gasteiger partial charge in [-0.15, -0.1) is 0 Å². The molecule has 34 heavy (non-hydrogen) atoms. The molecule has 8 heteroatoms. The Kier molecular flexibility index (Phi) is 7.22. The lowest BCUT2D eigenvalue weighted by molar-refractivity contribution is -0.160. The maximum Gasteiger partial charge on any atom is 0.337 e. The van der Waals surface area contributed by atoms with Gasteiger partial charge in [-0.2, -0.15) is 0 Å². The van der Waals surface area contributed by atoms with E-state index in [0.29, 0.717) is 35.6 Å². The zero-order chi connectivity index (χ0) is 25.4. The van der Waals surface area contributed by atoms with Gasteiger partial charge in [-0.3, -0.25) is 4.98 Å². The van der Waals surface area contributed by atoms with E-state index in [1.165, 1.54) is 19.4 Å². The molecular formula is C26H34F2N2O4. The SMILES string of the molecule is COc1cc(F)c(F)c(-c2cnc(C)c([C@H](OC(C)(C)C)C(=O)O)c2N2CCC(C)(C)CC2)c1. The number of halogens is 2. The number of methoxy groups -OCH3 is 1. The van der Waals surface area contributed by atoms with Crippen LogP contribution in [-0.2, 0) is 9.53 Å². The van der Waals surface area contributed by atoms with Crippen LogP contribution in [0.4, 0.5) is 14.5 Å². The Bertz CT molecular complexity index is 1070. The molecule has 6 nitrogen and oxygen atoms in total. The lowest BCUT2D eigenvalue weighted by atomic mass is 9.82. The minimum absolute atomic E-state index is 0.0367. The molecule has 0 aliphatic carbocycles. The molecule has 1 aromatic heterocycles. The number of carboxylic acid groups (broad SMARTS) is 1. The van der Waals surface area contributed by atoms with Crippen LogP contribution in [0.5, 0.6) is 5.75 Å². The number of nitrogens with zero attached hydrogens (tertiary/aromatic N) is 2. The minimum Gasteiger partial charge on any atom is -0.497 e. The first-order valence-electron chi connectivity index (χ1n) is 11.4. The number of hydrogen-bond acceptors (Lipinski definition) is 5. The van der Waals surface area contributed by atoms with Crippen molar-refractivity contribution < 1.29 is 28.2 Å². The van der Waals surface area contributed by atoms with Crippen LogP contribution in [0.3, 0.4) is 0 Å². The second kappa shape index (κ2) is 9.49. The van der Waals surface area contributed by atoms with Crippen LogP contribution in [0.25, 0.3) is 11.1 Å². The van der Waals surface area contributed by atoms with E-state index in [9.17, 15) is 14.3 Å². The van der Waals surface area contributed by atoms with Crippen LogP contribution in [0.1, 0.15) is 64.8 Å². The van der Waals surface area contributed by atoms with Crippen molar-refractivity contribution in [1.82, 2.24) is 4.98 Å². The predicted molar refractivity (Wildman–Crippen MR) is 127 cm³/mol. The molecule has 1 N–H and O–H groups in total. The zero-order valence-corrected chi connectivity index (χ0v) is 21.0. The summed E-state index contributed by atoms with van der Waals surface area (Å²) in [5.41, 5.74) is 0.947. The van der Waals surface area contributed by atoms with Gasteiger partial charge in [0.25, 0.3) is 0 Å². The molecule has 1 fully saturated rings. The molecule has 0 saturated carbocycles. The molecule has 0 spiro atoms. The molecule has 1 aromatic carbocycles.